The lowest BCUT2D eigenvalue weighted by Gasteiger charge is -2.14. The molecule has 176 valence electrons. The van der Waals surface area contributed by atoms with Gasteiger partial charge in [0.15, 0.2) is 0 Å². The van der Waals surface area contributed by atoms with Crippen LogP contribution in [0.4, 0.5) is 10.1 Å². The Balaban J connectivity index is 1.61. The van der Waals surface area contributed by atoms with Crippen molar-refractivity contribution in [1.82, 2.24) is 14.7 Å². The Morgan fingerprint density at radius 2 is 1.88 bits per heavy atom. The van der Waals surface area contributed by atoms with Crippen LogP contribution in [-0.2, 0) is 10.0 Å². The Morgan fingerprint density at radius 3 is 2.59 bits per heavy atom. The number of sulfonamides is 1. The molecule has 0 atom stereocenters. The number of ether oxygens (including phenoxy) is 1. The molecule has 1 amide bonds. The summed E-state index contributed by atoms with van der Waals surface area (Å²) in [5.41, 5.74) is 2.53. The van der Waals surface area contributed by atoms with Crippen molar-refractivity contribution in [2.75, 3.05) is 12.4 Å². The summed E-state index contributed by atoms with van der Waals surface area (Å²) in [4.78, 5) is 20.3. The predicted octanol–water partition coefficient (Wildman–Crippen LogP) is 4.32. The fourth-order valence-corrected chi connectivity index (χ4v) is 4.91. The van der Waals surface area contributed by atoms with Gasteiger partial charge < -0.3 is 15.0 Å². The molecule has 10 heteroatoms. The first-order valence-corrected chi connectivity index (χ1v) is 11.9. The number of halogens is 1. The summed E-state index contributed by atoms with van der Waals surface area (Å²) in [6.45, 7) is 3.40. The van der Waals surface area contributed by atoms with Crippen LogP contribution in [0.1, 0.15) is 24.2 Å². The van der Waals surface area contributed by atoms with Gasteiger partial charge in [-0.3, -0.25) is 4.79 Å². The molecule has 1 heterocycles. The number of carbonyl (C=O) groups is 1. The number of benzene rings is 3. The third-order valence-electron chi connectivity index (χ3n) is 4.94. The number of hydrogen-bond acceptors (Lipinski definition) is 5. The Bertz CT molecular complexity index is 1480. The number of carbonyl (C=O) groups excluding carboxylic acids is 1. The minimum atomic E-state index is -3.88. The number of hydrogen-bond donors (Lipinski definition) is 3. The molecule has 0 unspecified atom stereocenters. The van der Waals surface area contributed by atoms with Crippen LogP contribution in [-0.4, -0.2) is 37.4 Å². The summed E-state index contributed by atoms with van der Waals surface area (Å²) in [6.07, 6.45) is 0. The fraction of sp³-hybridized carbons (Fsp3) is 0.167. The zero-order chi connectivity index (χ0) is 24.5. The number of H-pyrrole nitrogens is 1. The number of aromatic nitrogens is 2. The number of nitrogens with zero attached hydrogens (tertiary/aromatic N) is 1. The van der Waals surface area contributed by atoms with E-state index in [4.69, 9.17) is 4.74 Å². The van der Waals surface area contributed by atoms with Gasteiger partial charge in [0.05, 0.1) is 18.1 Å². The SMILES string of the molecule is COc1ccc(C(=O)Nc2ccc3nc(-c4cccc(F)c4)[nH]c3c2)cc1S(=O)(=O)NC(C)C. The molecular weight excluding hydrogens is 459 g/mol. The number of anilines is 1. The standard InChI is InChI=1S/C24H23FN4O4S/c1-14(2)29-34(31,32)22-12-16(7-10-21(22)33-3)24(30)26-18-8-9-19-20(13-18)28-23(27-19)15-5-4-6-17(25)11-15/h4-14,29H,1-3H3,(H,26,30)(H,27,28). The number of fused-ring (bicyclic) bond motifs is 1. The van der Waals surface area contributed by atoms with Gasteiger partial charge in [-0.25, -0.2) is 22.5 Å². The van der Waals surface area contributed by atoms with Crippen molar-refractivity contribution in [3.63, 3.8) is 0 Å². The number of rotatable bonds is 7. The molecule has 0 aliphatic rings. The van der Waals surface area contributed by atoms with Crippen LogP contribution in [0.3, 0.4) is 0 Å². The second-order valence-electron chi connectivity index (χ2n) is 7.92. The van der Waals surface area contributed by atoms with Gasteiger partial charge in [-0.1, -0.05) is 12.1 Å². The predicted molar refractivity (Wildman–Crippen MR) is 128 cm³/mol. The van der Waals surface area contributed by atoms with E-state index in [1.807, 2.05) is 0 Å². The van der Waals surface area contributed by atoms with E-state index in [-0.39, 0.29) is 28.1 Å². The van der Waals surface area contributed by atoms with Gasteiger partial charge in [-0.2, -0.15) is 0 Å². The molecule has 0 saturated carbocycles. The van der Waals surface area contributed by atoms with Crippen LogP contribution in [0.25, 0.3) is 22.4 Å². The molecule has 0 spiro atoms. The van der Waals surface area contributed by atoms with Gasteiger partial charge in [0.1, 0.15) is 22.3 Å². The molecule has 1 aromatic heterocycles. The van der Waals surface area contributed by atoms with E-state index in [1.165, 1.54) is 37.4 Å². The van der Waals surface area contributed by atoms with Crippen molar-refractivity contribution in [1.29, 1.82) is 0 Å². The zero-order valence-electron chi connectivity index (χ0n) is 18.7. The van der Waals surface area contributed by atoms with Gasteiger partial charge in [0, 0.05) is 22.9 Å². The first-order valence-electron chi connectivity index (χ1n) is 10.4. The minimum Gasteiger partial charge on any atom is -0.495 e. The van der Waals surface area contributed by atoms with E-state index in [9.17, 15) is 17.6 Å². The Labute approximate surface area is 196 Å². The topological polar surface area (TPSA) is 113 Å². The number of aromatic amines is 1. The zero-order valence-corrected chi connectivity index (χ0v) is 19.5. The quantitative estimate of drug-likeness (QED) is 0.363. The van der Waals surface area contributed by atoms with Gasteiger partial charge >= 0.3 is 0 Å². The van der Waals surface area contributed by atoms with E-state index in [0.717, 1.165) is 0 Å². The highest BCUT2D eigenvalue weighted by atomic mass is 32.2. The molecule has 34 heavy (non-hydrogen) atoms. The highest BCUT2D eigenvalue weighted by Gasteiger charge is 2.22. The number of amides is 1. The van der Waals surface area contributed by atoms with Crippen LogP contribution < -0.4 is 14.8 Å². The van der Waals surface area contributed by atoms with Gasteiger partial charge in [-0.15, -0.1) is 0 Å². The van der Waals surface area contributed by atoms with Crippen molar-refractivity contribution >= 4 is 32.7 Å². The summed E-state index contributed by atoms with van der Waals surface area (Å²) in [5.74, 6) is -0.225. The molecule has 4 aromatic rings. The average Bonchev–Trinajstić information content (AvgIpc) is 3.21. The highest BCUT2D eigenvalue weighted by Crippen LogP contribution is 2.27. The van der Waals surface area contributed by atoms with E-state index in [1.54, 1.807) is 44.2 Å². The van der Waals surface area contributed by atoms with Gasteiger partial charge in [0.2, 0.25) is 10.0 Å². The van der Waals surface area contributed by atoms with Gasteiger partial charge in [-0.05, 0) is 62.4 Å². The highest BCUT2D eigenvalue weighted by molar-refractivity contribution is 7.89. The van der Waals surface area contributed by atoms with Crippen LogP contribution >= 0.6 is 0 Å². The molecule has 8 nitrogen and oxygen atoms in total. The maximum absolute atomic E-state index is 13.6. The lowest BCUT2D eigenvalue weighted by atomic mass is 10.2. The first-order chi connectivity index (χ1) is 16.2. The Morgan fingerprint density at radius 1 is 1.09 bits per heavy atom. The van der Waals surface area contributed by atoms with E-state index < -0.39 is 15.9 Å². The molecule has 0 saturated heterocycles. The average molecular weight is 483 g/mol. The van der Waals surface area contributed by atoms with E-state index in [0.29, 0.717) is 28.1 Å². The van der Waals surface area contributed by atoms with Crippen molar-refractivity contribution < 1.29 is 22.3 Å². The second kappa shape index (κ2) is 9.24. The van der Waals surface area contributed by atoms with E-state index >= 15 is 0 Å². The summed E-state index contributed by atoms with van der Waals surface area (Å²) in [6, 6.07) is 15.0. The van der Waals surface area contributed by atoms with Gasteiger partial charge in [0.25, 0.3) is 5.91 Å². The smallest absolute Gasteiger partial charge is 0.255 e. The second-order valence-corrected chi connectivity index (χ2v) is 9.61. The molecule has 3 N–H and O–H groups in total. The van der Waals surface area contributed by atoms with Crippen molar-refractivity contribution in [2.24, 2.45) is 0 Å². The normalized spacial score (nSPS) is 11.7. The van der Waals surface area contributed by atoms with Crippen LogP contribution in [0.2, 0.25) is 0 Å². The number of imidazole rings is 1. The summed E-state index contributed by atoms with van der Waals surface area (Å²) in [7, 11) is -2.52. The molecule has 3 aromatic carbocycles. The van der Waals surface area contributed by atoms with Crippen LogP contribution in [0.5, 0.6) is 5.75 Å². The van der Waals surface area contributed by atoms with Crippen LogP contribution in [0, 0.1) is 5.82 Å². The minimum absolute atomic E-state index is 0.125. The third-order valence-corrected chi connectivity index (χ3v) is 6.62. The van der Waals surface area contributed by atoms with Crippen molar-refractivity contribution in [3.8, 4) is 17.1 Å². The molecule has 0 bridgehead atoms. The van der Waals surface area contributed by atoms with Crippen molar-refractivity contribution in [2.45, 2.75) is 24.8 Å². The summed E-state index contributed by atoms with van der Waals surface area (Å²) >= 11 is 0. The van der Waals surface area contributed by atoms with Crippen LogP contribution in [0.15, 0.2) is 65.6 Å². The monoisotopic (exact) mass is 482 g/mol. The molecule has 0 aliphatic heterocycles. The lowest BCUT2D eigenvalue weighted by Crippen LogP contribution is -2.30. The molecule has 0 aliphatic carbocycles. The maximum Gasteiger partial charge on any atom is 0.255 e. The molecule has 4 rings (SSSR count). The number of nitrogens with one attached hydrogen (secondary N) is 3. The Kier molecular flexibility index (Phi) is 6.36. The fourth-order valence-electron chi connectivity index (χ4n) is 3.46. The largest absolute Gasteiger partial charge is 0.495 e. The Hall–Kier alpha value is -3.76. The molecule has 0 radical (unpaired) electrons. The summed E-state index contributed by atoms with van der Waals surface area (Å²) < 4.78 is 46.6. The lowest BCUT2D eigenvalue weighted by molar-refractivity contribution is 0.102. The molecular formula is C24H23FN4O4S. The first kappa shape index (κ1) is 23.4. The van der Waals surface area contributed by atoms with Crippen molar-refractivity contribution in [3.05, 3.63) is 72.0 Å². The third kappa shape index (κ3) is 4.92. The molecule has 0 fully saturated rings. The van der Waals surface area contributed by atoms with E-state index in [2.05, 4.69) is 20.0 Å². The summed E-state index contributed by atoms with van der Waals surface area (Å²) in [5, 5.41) is 2.76. The maximum atomic E-state index is 13.6. The number of methoxy groups -OCH3 is 1.